The van der Waals surface area contributed by atoms with Crippen molar-refractivity contribution < 1.29 is 4.74 Å². The summed E-state index contributed by atoms with van der Waals surface area (Å²) in [5, 5.41) is 1.08. The van der Waals surface area contributed by atoms with Gasteiger partial charge in [-0.25, -0.2) is 4.98 Å². The molecule has 0 bridgehead atoms. The van der Waals surface area contributed by atoms with Crippen molar-refractivity contribution in [3.8, 4) is 11.6 Å². The van der Waals surface area contributed by atoms with Gasteiger partial charge in [0.05, 0.1) is 5.52 Å². The fraction of sp³-hybridized carbons (Fsp3) is 0.167. The quantitative estimate of drug-likeness (QED) is 0.784. The second kappa shape index (κ2) is 5.54. The number of ether oxygens (including phenoxy) is 1. The van der Waals surface area contributed by atoms with Gasteiger partial charge in [-0.2, -0.15) is 0 Å². The van der Waals surface area contributed by atoms with Gasteiger partial charge in [-0.3, -0.25) is 0 Å². The molecule has 0 spiro atoms. The topological polar surface area (TPSA) is 48.1 Å². The summed E-state index contributed by atoms with van der Waals surface area (Å²) in [6.07, 6.45) is 0. The SMILES string of the molecule is Cc1ccc(Oc2cc(CN)c3ccccc3n2)c(C)c1. The number of aryl methyl sites for hydroxylation is 2. The third-order valence-corrected chi connectivity index (χ3v) is 3.54. The lowest BCUT2D eigenvalue weighted by atomic mass is 10.1. The molecule has 3 rings (SSSR count). The van der Waals surface area contributed by atoms with Gasteiger partial charge >= 0.3 is 0 Å². The number of para-hydroxylation sites is 1. The van der Waals surface area contributed by atoms with E-state index in [0.717, 1.165) is 27.8 Å². The van der Waals surface area contributed by atoms with E-state index >= 15 is 0 Å². The second-order valence-electron chi connectivity index (χ2n) is 5.21. The van der Waals surface area contributed by atoms with Crippen molar-refractivity contribution in [3.63, 3.8) is 0 Å². The molecule has 3 aromatic rings. The molecular weight excluding hydrogens is 260 g/mol. The van der Waals surface area contributed by atoms with E-state index in [0.29, 0.717) is 12.4 Å². The molecule has 1 heterocycles. The van der Waals surface area contributed by atoms with E-state index in [1.165, 1.54) is 5.56 Å². The van der Waals surface area contributed by atoms with Gasteiger partial charge in [0.25, 0.3) is 0 Å². The summed E-state index contributed by atoms with van der Waals surface area (Å²) >= 11 is 0. The van der Waals surface area contributed by atoms with Crippen LogP contribution in [0, 0.1) is 13.8 Å². The lowest BCUT2D eigenvalue weighted by molar-refractivity contribution is 0.461. The first-order valence-electron chi connectivity index (χ1n) is 7.01. The van der Waals surface area contributed by atoms with Crippen molar-refractivity contribution in [3.05, 3.63) is 65.2 Å². The monoisotopic (exact) mass is 278 g/mol. The number of nitrogens with zero attached hydrogens (tertiary/aromatic N) is 1. The lowest BCUT2D eigenvalue weighted by Gasteiger charge is -2.11. The van der Waals surface area contributed by atoms with Crippen LogP contribution in [-0.2, 0) is 6.54 Å². The first-order valence-corrected chi connectivity index (χ1v) is 7.01. The maximum atomic E-state index is 5.95. The minimum atomic E-state index is 0.465. The number of hydrogen-bond acceptors (Lipinski definition) is 3. The van der Waals surface area contributed by atoms with E-state index in [9.17, 15) is 0 Å². The zero-order chi connectivity index (χ0) is 14.8. The Labute approximate surface area is 124 Å². The van der Waals surface area contributed by atoms with Crippen LogP contribution in [0.2, 0.25) is 0 Å². The molecule has 2 aromatic carbocycles. The van der Waals surface area contributed by atoms with Gasteiger partial charge in [0.1, 0.15) is 5.75 Å². The van der Waals surface area contributed by atoms with Crippen molar-refractivity contribution >= 4 is 10.9 Å². The predicted octanol–water partition coefficient (Wildman–Crippen LogP) is 4.10. The Morgan fingerprint density at radius 2 is 1.86 bits per heavy atom. The molecule has 3 nitrogen and oxygen atoms in total. The lowest BCUT2D eigenvalue weighted by Crippen LogP contribution is -2.00. The Balaban J connectivity index is 2.04. The van der Waals surface area contributed by atoms with E-state index in [2.05, 4.69) is 18.0 Å². The van der Waals surface area contributed by atoms with Crippen LogP contribution in [0.4, 0.5) is 0 Å². The van der Waals surface area contributed by atoms with Crippen LogP contribution in [-0.4, -0.2) is 4.98 Å². The molecule has 0 aliphatic rings. The molecule has 1 aromatic heterocycles. The molecule has 0 saturated heterocycles. The highest BCUT2D eigenvalue weighted by Gasteiger charge is 2.07. The highest BCUT2D eigenvalue weighted by atomic mass is 16.5. The van der Waals surface area contributed by atoms with Gasteiger partial charge in [-0.05, 0) is 37.1 Å². The Hall–Kier alpha value is -2.39. The maximum absolute atomic E-state index is 5.95. The Kier molecular flexibility index (Phi) is 3.59. The van der Waals surface area contributed by atoms with Crippen LogP contribution in [0.3, 0.4) is 0 Å². The number of fused-ring (bicyclic) bond motifs is 1. The van der Waals surface area contributed by atoms with Gasteiger partial charge < -0.3 is 10.5 Å². The molecule has 0 fully saturated rings. The first kappa shape index (κ1) is 13.6. The van der Waals surface area contributed by atoms with Crippen molar-refractivity contribution in [2.75, 3.05) is 0 Å². The minimum absolute atomic E-state index is 0.465. The molecule has 0 atom stereocenters. The van der Waals surface area contributed by atoms with Gasteiger partial charge in [0, 0.05) is 18.0 Å². The fourth-order valence-corrected chi connectivity index (χ4v) is 2.47. The van der Waals surface area contributed by atoms with E-state index in [4.69, 9.17) is 10.5 Å². The van der Waals surface area contributed by atoms with E-state index < -0.39 is 0 Å². The molecule has 0 amide bonds. The van der Waals surface area contributed by atoms with Gasteiger partial charge in [0.15, 0.2) is 0 Å². The summed E-state index contributed by atoms with van der Waals surface area (Å²) in [5.41, 5.74) is 10.1. The normalized spacial score (nSPS) is 10.8. The number of benzene rings is 2. The van der Waals surface area contributed by atoms with Crippen LogP contribution >= 0.6 is 0 Å². The summed E-state index contributed by atoms with van der Waals surface area (Å²) in [7, 11) is 0. The average Bonchev–Trinajstić information content (AvgIpc) is 2.49. The molecule has 0 aliphatic heterocycles. The van der Waals surface area contributed by atoms with Crippen LogP contribution < -0.4 is 10.5 Å². The summed E-state index contributed by atoms with van der Waals surface area (Å²) in [6, 6.07) is 16.0. The molecule has 0 unspecified atom stereocenters. The van der Waals surface area contributed by atoms with Gasteiger partial charge in [0.2, 0.25) is 5.88 Å². The highest BCUT2D eigenvalue weighted by molar-refractivity contribution is 5.82. The third kappa shape index (κ3) is 2.73. The summed E-state index contributed by atoms with van der Waals surface area (Å²) in [6.45, 7) is 4.57. The number of rotatable bonds is 3. The molecule has 3 heteroatoms. The van der Waals surface area contributed by atoms with Gasteiger partial charge in [-0.1, -0.05) is 35.9 Å². The van der Waals surface area contributed by atoms with Crippen LogP contribution in [0.1, 0.15) is 16.7 Å². The van der Waals surface area contributed by atoms with Crippen LogP contribution in [0.15, 0.2) is 48.5 Å². The second-order valence-corrected chi connectivity index (χ2v) is 5.21. The van der Waals surface area contributed by atoms with Crippen molar-refractivity contribution in [1.82, 2.24) is 4.98 Å². The summed E-state index contributed by atoms with van der Waals surface area (Å²) < 4.78 is 5.95. The smallest absolute Gasteiger partial charge is 0.220 e. The van der Waals surface area contributed by atoms with E-state index in [-0.39, 0.29) is 0 Å². The summed E-state index contributed by atoms with van der Waals surface area (Å²) in [5.74, 6) is 1.41. The first-order chi connectivity index (χ1) is 10.2. The zero-order valence-electron chi connectivity index (χ0n) is 12.3. The molecular formula is C18H18N2O. The van der Waals surface area contributed by atoms with Gasteiger partial charge in [-0.15, -0.1) is 0 Å². The molecule has 106 valence electrons. The number of hydrogen-bond donors (Lipinski definition) is 1. The maximum Gasteiger partial charge on any atom is 0.220 e. The highest BCUT2D eigenvalue weighted by Crippen LogP contribution is 2.28. The Bertz CT molecular complexity index is 796. The predicted molar refractivity (Wildman–Crippen MR) is 85.6 cm³/mol. The van der Waals surface area contributed by atoms with Crippen molar-refractivity contribution in [1.29, 1.82) is 0 Å². The fourth-order valence-electron chi connectivity index (χ4n) is 2.47. The molecule has 2 N–H and O–H groups in total. The van der Waals surface area contributed by atoms with Crippen LogP contribution in [0.5, 0.6) is 11.6 Å². The summed E-state index contributed by atoms with van der Waals surface area (Å²) in [4.78, 5) is 4.56. The van der Waals surface area contributed by atoms with Crippen LogP contribution in [0.25, 0.3) is 10.9 Å². The zero-order valence-corrected chi connectivity index (χ0v) is 12.3. The number of pyridine rings is 1. The van der Waals surface area contributed by atoms with Crippen molar-refractivity contribution in [2.24, 2.45) is 5.73 Å². The average molecular weight is 278 g/mol. The minimum Gasteiger partial charge on any atom is -0.439 e. The number of aromatic nitrogens is 1. The molecule has 0 radical (unpaired) electrons. The van der Waals surface area contributed by atoms with E-state index in [1.54, 1.807) is 0 Å². The van der Waals surface area contributed by atoms with E-state index in [1.807, 2.05) is 49.4 Å². The molecule has 0 aliphatic carbocycles. The molecule has 21 heavy (non-hydrogen) atoms. The Morgan fingerprint density at radius 3 is 2.62 bits per heavy atom. The van der Waals surface area contributed by atoms with Crippen molar-refractivity contribution in [2.45, 2.75) is 20.4 Å². The third-order valence-electron chi connectivity index (χ3n) is 3.54. The Morgan fingerprint density at radius 1 is 1.05 bits per heavy atom. The molecule has 0 saturated carbocycles. The standard InChI is InChI=1S/C18H18N2O/c1-12-7-8-17(13(2)9-12)21-18-10-14(11-19)15-5-3-4-6-16(15)20-18/h3-10H,11,19H2,1-2H3. The largest absolute Gasteiger partial charge is 0.439 e. The number of nitrogens with two attached hydrogens (primary N) is 1.